The van der Waals surface area contributed by atoms with Gasteiger partial charge in [0.25, 0.3) is 0 Å². The van der Waals surface area contributed by atoms with Gasteiger partial charge in [-0.3, -0.25) is 15.3 Å². The van der Waals surface area contributed by atoms with Crippen LogP contribution in [0.25, 0.3) is 16.7 Å². The first-order valence-corrected chi connectivity index (χ1v) is 16.4. The molecule has 0 aromatic heterocycles. The Labute approximate surface area is 284 Å². The molecule has 3 aliphatic rings. The second kappa shape index (κ2) is 12.9. The zero-order chi connectivity index (χ0) is 33.4. The van der Waals surface area contributed by atoms with Crippen molar-refractivity contribution in [2.24, 2.45) is 17.4 Å². The number of rotatable bonds is 6. The second-order valence-electron chi connectivity index (χ2n) is 11.9. The smallest absolute Gasteiger partial charge is 0.310 e. The molecule has 0 bridgehead atoms. The van der Waals surface area contributed by atoms with Crippen LogP contribution in [-0.2, 0) is 19.7 Å². The average molecular weight is 744 g/mol. The SMILES string of the molecule is CC1=C(C#N)C(N)(OC(=O)C2CC2)CC(Br)=C1c1ccccc1.Cc1c(C#N)c(C2(C(N)=O)CC2)c(O)c(Br)c1-c1ccccc1. The van der Waals surface area contributed by atoms with Gasteiger partial charge in [-0.1, -0.05) is 76.6 Å². The minimum absolute atomic E-state index is 0.0612. The minimum Gasteiger partial charge on any atom is -0.506 e. The van der Waals surface area contributed by atoms with E-state index in [9.17, 15) is 25.2 Å². The molecule has 2 fully saturated rings. The number of allylic oxidation sites excluding steroid dienone is 2. The topological polar surface area (TPSA) is 163 Å². The van der Waals surface area contributed by atoms with Crippen molar-refractivity contribution in [3.8, 4) is 29.0 Å². The molecule has 3 aliphatic carbocycles. The molecular weight excluding hydrogens is 712 g/mol. The van der Waals surface area contributed by atoms with Crippen LogP contribution in [0.2, 0.25) is 0 Å². The first-order valence-electron chi connectivity index (χ1n) is 14.8. The molecule has 0 aliphatic heterocycles. The van der Waals surface area contributed by atoms with Crippen molar-refractivity contribution in [3.05, 3.63) is 103 Å². The van der Waals surface area contributed by atoms with E-state index < -0.39 is 17.0 Å². The number of nitrogens with zero attached hydrogens (tertiary/aromatic N) is 2. The summed E-state index contributed by atoms with van der Waals surface area (Å²) in [6.07, 6.45) is 3.05. The van der Waals surface area contributed by atoms with Crippen LogP contribution in [-0.4, -0.2) is 22.7 Å². The maximum atomic E-state index is 12.0. The maximum Gasteiger partial charge on any atom is 0.310 e. The normalized spacial score (nSPS) is 19.7. The number of halogens is 2. The number of aromatic hydroxyl groups is 1. The molecule has 234 valence electrons. The van der Waals surface area contributed by atoms with Crippen LogP contribution in [0.15, 0.2) is 80.8 Å². The Morgan fingerprint density at radius 2 is 1.52 bits per heavy atom. The van der Waals surface area contributed by atoms with Crippen LogP contribution >= 0.6 is 31.9 Å². The Kier molecular flexibility index (Phi) is 9.28. The molecule has 5 N–H and O–H groups in total. The zero-order valence-corrected chi connectivity index (χ0v) is 28.5. The van der Waals surface area contributed by atoms with E-state index in [-0.39, 0.29) is 24.1 Å². The summed E-state index contributed by atoms with van der Waals surface area (Å²) in [4.78, 5) is 23.9. The van der Waals surface area contributed by atoms with Crippen molar-refractivity contribution in [1.29, 1.82) is 10.5 Å². The fraction of sp³-hybridized carbons (Fsp3) is 0.278. The lowest BCUT2D eigenvalue weighted by molar-refractivity contribution is -0.157. The summed E-state index contributed by atoms with van der Waals surface area (Å²) in [5.74, 6) is -0.934. The molecule has 0 radical (unpaired) electrons. The third-order valence-electron chi connectivity index (χ3n) is 8.77. The van der Waals surface area contributed by atoms with Crippen molar-refractivity contribution >= 4 is 49.3 Å². The number of hydrogen-bond donors (Lipinski definition) is 3. The number of esters is 1. The van der Waals surface area contributed by atoms with Gasteiger partial charge in [0.05, 0.1) is 33.0 Å². The van der Waals surface area contributed by atoms with E-state index in [1.165, 1.54) is 0 Å². The molecule has 2 saturated carbocycles. The molecule has 0 spiro atoms. The number of hydrogen-bond acceptors (Lipinski definition) is 7. The molecule has 1 unspecified atom stereocenters. The van der Waals surface area contributed by atoms with Crippen LogP contribution in [0.5, 0.6) is 5.75 Å². The van der Waals surface area contributed by atoms with Gasteiger partial charge in [-0.25, -0.2) is 0 Å². The number of phenolic OH excluding ortho intramolecular Hbond substituents is 1. The van der Waals surface area contributed by atoms with Crippen LogP contribution < -0.4 is 11.5 Å². The number of phenols is 1. The van der Waals surface area contributed by atoms with Gasteiger partial charge in [0.2, 0.25) is 11.6 Å². The van der Waals surface area contributed by atoms with Crippen molar-refractivity contribution < 1.29 is 19.4 Å². The molecule has 0 saturated heterocycles. The Bertz CT molecular complexity index is 1880. The molecule has 8 nitrogen and oxygen atoms in total. The van der Waals surface area contributed by atoms with E-state index in [1.54, 1.807) is 0 Å². The largest absolute Gasteiger partial charge is 0.506 e. The summed E-state index contributed by atoms with van der Waals surface area (Å²) in [7, 11) is 0. The summed E-state index contributed by atoms with van der Waals surface area (Å²) in [6.45, 7) is 3.67. The molecule has 3 aromatic carbocycles. The molecule has 46 heavy (non-hydrogen) atoms. The Morgan fingerprint density at radius 1 is 0.957 bits per heavy atom. The van der Waals surface area contributed by atoms with Gasteiger partial charge in [0.1, 0.15) is 11.8 Å². The lowest BCUT2D eigenvalue weighted by Gasteiger charge is -2.34. The zero-order valence-electron chi connectivity index (χ0n) is 25.4. The molecule has 0 heterocycles. The fourth-order valence-corrected chi connectivity index (χ4v) is 7.67. The maximum absolute atomic E-state index is 12.0. The molecular formula is C36H32Br2N4O4. The fourth-order valence-electron chi connectivity index (χ4n) is 6.00. The number of primary amides is 1. The number of nitrogens with two attached hydrogens (primary N) is 2. The minimum atomic E-state index is -1.39. The van der Waals surface area contributed by atoms with E-state index in [1.807, 2.05) is 74.5 Å². The highest BCUT2D eigenvalue weighted by Crippen LogP contribution is 2.56. The quantitative estimate of drug-likeness (QED) is 0.178. The van der Waals surface area contributed by atoms with Gasteiger partial charge in [-0.15, -0.1) is 0 Å². The number of carbonyl (C=O) groups is 2. The van der Waals surface area contributed by atoms with E-state index >= 15 is 0 Å². The lowest BCUT2D eigenvalue weighted by Crippen LogP contribution is -2.48. The predicted octanol–water partition coefficient (Wildman–Crippen LogP) is 7.16. The van der Waals surface area contributed by atoms with Crippen molar-refractivity contribution in [2.45, 2.75) is 57.1 Å². The van der Waals surface area contributed by atoms with E-state index in [0.717, 1.165) is 50.7 Å². The summed E-state index contributed by atoms with van der Waals surface area (Å²) >= 11 is 7.01. The number of amides is 1. The highest BCUT2D eigenvalue weighted by Gasteiger charge is 2.54. The average Bonchev–Trinajstić information content (AvgIpc) is 3.95. The van der Waals surface area contributed by atoms with Crippen molar-refractivity contribution in [1.82, 2.24) is 0 Å². The monoisotopic (exact) mass is 742 g/mol. The van der Waals surface area contributed by atoms with Crippen molar-refractivity contribution in [3.63, 3.8) is 0 Å². The second-order valence-corrected chi connectivity index (χ2v) is 13.6. The lowest BCUT2D eigenvalue weighted by atomic mass is 9.83. The molecule has 1 atom stereocenters. The van der Waals surface area contributed by atoms with E-state index in [0.29, 0.717) is 34.0 Å². The molecule has 10 heteroatoms. The van der Waals surface area contributed by atoms with Gasteiger partial charge in [0.15, 0.2) is 0 Å². The van der Waals surface area contributed by atoms with Crippen LogP contribution in [0.1, 0.15) is 61.3 Å². The third-order valence-corrected chi connectivity index (χ3v) is 10.2. The first kappa shape index (κ1) is 33.2. The van der Waals surface area contributed by atoms with Gasteiger partial charge in [-0.05, 0) is 83.3 Å². The van der Waals surface area contributed by atoms with Gasteiger partial charge in [-0.2, -0.15) is 10.5 Å². The van der Waals surface area contributed by atoms with E-state index in [4.69, 9.17) is 16.2 Å². The molecule has 1 amide bonds. The Balaban J connectivity index is 0.000000181. The molecule has 3 aromatic rings. The number of nitriles is 2. The Hall–Kier alpha value is -4.22. The highest BCUT2D eigenvalue weighted by molar-refractivity contribution is 9.11. The van der Waals surface area contributed by atoms with Crippen molar-refractivity contribution in [2.75, 3.05) is 0 Å². The van der Waals surface area contributed by atoms with Crippen LogP contribution in [0.3, 0.4) is 0 Å². The third kappa shape index (κ3) is 6.01. The van der Waals surface area contributed by atoms with E-state index in [2.05, 4.69) is 44.0 Å². The van der Waals surface area contributed by atoms with Crippen LogP contribution in [0, 0.1) is 35.5 Å². The number of benzene rings is 3. The van der Waals surface area contributed by atoms with Crippen LogP contribution in [0.4, 0.5) is 0 Å². The van der Waals surface area contributed by atoms with Gasteiger partial charge >= 0.3 is 5.97 Å². The first-order chi connectivity index (χ1) is 21.9. The summed E-state index contributed by atoms with van der Waals surface area (Å²) in [5, 5.41) is 29.9. The highest BCUT2D eigenvalue weighted by atomic mass is 79.9. The molecule has 6 rings (SSSR count). The summed E-state index contributed by atoms with van der Waals surface area (Å²) < 4.78 is 6.85. The van der Waals surface area contributed by atoms with Gasteiger partial charge in [0, 0.05) is 22.0 Å². The predicted molar refractivity (Wildman–Crippen MR) is 182 cm³/mol. The Morgan fingerprint density at radius 3 is 2.00 bits per heavy atom. The standard InChI is InChI=1S/C18H17BrN2O2.C18H15BrN2O2/c1-11-14(10-20)18(21,23-17(22)13-7-8-13)9-15(19)16(11)12-5-3-2-4-6-12;1-10-12(9-20)14(18(7-8-18)17(21)23)16(22)15(19)13(10)11-5-3-2-4-6-11/h2-6,13H,7-9,21H2,1H3;2-6,22H,7-8H2,1H3,(H2,21,23). The summed E-state index contributed by atoms with van der Waals surface area (Å²) in [5.41, 5.74) is 15.6. The summed E-state index contributed by atoms with van der Waals surface area (Å²) in [6, 6.07) is 23.6. The van der Waals surface area contributed by atoms with Gasteiger partial charge < -0.3 is 15.6 Å². The number of carbonyl (C=O) groups excluding carboxylic acids is 2. The number of ether oxygens (including phenoxy) is 1.